The number of aromatic nitrogens is 2. The summed E-state index contributed by atoms with van der Waals surface area (Å²) in [6.45, 7) is 8.28. The molecular formula is C21H33IN6OS. The highest BCUT2D eigenvalue weighted by atomic mass is 127. The van der Waals surface area contributed by atoms with E-state index in [2.05, 4.69) is 48.5 Å². The molecule has 1 aliphatic rings. The van der Waals surface area contributed by atoms with Crippen LogP contribution in [0.25, 0.3) is 0 Å². The van der Waals surface area contributed by atoms with Gasteiger partial charge in [0, 0.05) is 64.3 Å². The molecule has 0 unspecified atom stereocenters. The zero-order valence-electron chi connectivity index (χ0n) is 17.9. The second-order valence-corrected chi connectivity index (χ2v) is 7.77. The highest BCUT2D eigenvalue weighted by molar-refractivity contribution is 14.0. The molecule has 9 heteroatoms. The highest BCUT2D eigenvalue weighted by Crippen LogP contribution is 2.19. The van der Waals surface area contributed by atoms with Gasteiger partial charge in [-0.1, -0.05) is 37.3 Å². The zero-order chi connectivity index (χ0) is 20.3. The summed E-state index contributed by atoms with van der Waals surface area (Å²) in [7, 11) is 1.86. The molecule has 1 aliphatic heterocycles. The minimum absolute atomic E-state index is 0. The van der Waals surface area contributed by atoms with E-state index in [1.165, 1.54) is 17.1 Å². The van der Waals surface area contributed by atoms with E-state index in [-0.39, 0.29) is 24.0 Å². The maximum Gasteiger partial charge on any atom is 0.205 e. The number of anilines is 1. The lowest BCUT2D eigenvalue weighted by molar-refractivity contribution is 0.117. The number of ether oxygens (including phenoxy) is 1. The van der Waals surface area contributed by atoms with Crippen LogP contribution in [0.3, 0.4) is 0 Å². The van der Waals surface area contributed by atoms with Gasteiger partial charge in [0.2, 0.25) is 5.13 Å². The second-order valence-electron chi connectivity index (χ2n) is 7.04. The molecule has 1 aromatic heterocycles. The fourth-order valence-electron chi connectivity index (χ4n) is 3.25. The number of hydrogen-bond acceptors (Lipinski definition) is 6. The summed E-state index contributed by atoms with van der Waals surface area (Å²) in [6.07, 6.45) is 3.00. The Hall–Kier alpha value is -1.46. The molecule has 1 fully saturated rings. The van der Waals surface area contributed by atoms with Gasteiger partial charge in [0.25, 0.3) is 0 Å². The lowest BCUT2D eigenvalue weighted by Gasteiger charge is -2.36. The van der Waals surface area contributed by atoms with Crippen LogP contribution in [-0.4, -0.2) is 66.6 Å². The summed E-state index contributed by atoms with van der Waals surface area (Å²) >= 11 is 1.51. The smallest absolute Gasteiger partial charge is 0.205 e. The Balaban J connectivity index is 0.00000320. The average Bonchev–Trinajstić information content (AvgIpc) is 3.26. The van der Waals surface area contributed by atoms with Crippen molar-refractivity contribution in [3.05, 3.63) is 41.7 Å². The van der Waals surface area contributed by atoms with E-state index >= 15 is 0 Å². The number of nitrogens with zero attached hydrogens (tertiary/aromatic N) is 5. The van der Waals surface area contributed by atoms with Gasteiger partial charge in [0.05, 0.1) is 6.61 Å². The Morgan fingerprint density at radius 1 is 1.17 bits per heavy atom. The van der Waals surface area contributed by atoms with Crippen molar-refractivity contribution in [1.29, 1.82) is 0 Å². The molecule has 7 nitrogen and oxygen atoms in total. The zero-order valence-corrected chi connectivity index (χ0v) is 21.1. The van der Waals surface area contributed by atoms with Crippen molar-refractivity contribution < 1.29 is 4.74 Å². The van der Waals surface area contributed by atoms with Crippen molar-refractivity contribution in [2.75, 3.05) is 51.3 Å². The molecule has 1 saturated heterocycles. The number of aliphatic imine (C=N–C) groups is 1. The van der Waals surface area contributed by atoms with Crippen LogP contribution in [0.2, 0.25) is 0 Å². The molecule has 0 aliphatic carbocycles. The number of unbranched alkanes of at least 4 members (excludes halogenated alkanes) is 1. The van der Waals surface area contributed by atoms with E-state index in [0.717, 1.165) is 75.5 Å². The molecule has 166 valence electrons. The molecule has 30 heavy (non-hydrogen) atoms. The number of benzene rings is 1. The molecule has 2 aromatic rings. The largest absolute Gasteiger partial charge is 0.377 e. The van der Waals surface area contributed by atoms with Gasteiger partial charge in [-0.2, -0.15) is 4.37 Å². The van der Waals surface area contributed by atoms with Crippen molar-refractivity contribution in [3.8, 4) is 0 Å². The third kappa shape index (κ3) is 7.66. The Morgan fingerprint density at radius 3 is 2.60 bits per heavy atom. The van der Waals surface area contributed by atoms with E-state index in [1.807, 2.05) is 25.2 Å². The number of aryl methyl sites for hydroxylation is 1. The third-order valence-electron chi connectivity index (χ3n) is 4.95. The van der Waals surface area contributed by atoms with Crippen molar-refractivity contribution in [2.24, 2.45) is 4.99 Å². The predicted octanol–water partition coefficient (Wildman–Crippen LogP) is 3.41. The SMILES string of the molecule is CCc1nsc(N2CCN(C(=NC)NCCCCOCc3ccccc3)CC2)n1.I. The first kappa shape index (κ1) is 24.8. The normalized spacial score (nSPS) is 14.5. The molecular weight excluding hydrogens is 511 g/mol. The van der Waals surface area contributed by atoms with Crippen molar-refractivity contribution >= 4 is 46.6 Å². The summed E-state index contributed by atoms with van der Waals surface area (Å²) in [5, 5.41) is 4.53. The fraction of sp³-hybridized carbons (Fsp3) is 0.571. The van der Waals surface area contributed by atoms with E-state index < -0.39 is 0 Å². The Kier molecular flexibility index (Phi) is 11.4. The highest BCUT2D eigenvalue weighted by Gasteiger charge is 2.21. The van der Waals surface area contributed by atoms with E-state index in [1.54, 1.807) is 0 Å². The van der Waals surface area contributed by atoms with Crippen LogP contribution in [0.1, 0.15) is 31.2 Å². The second kappa shape index (κ2) is 13.8. The van der Waals surface area contributed by atoms with Crippen LogP contribution in [0.5, 0.6) is 0 Å². The number of nitrogens with one attached hydrogen (secondary N) is 1. The van der Waals surface area contributed by atoms with Crippen LogP contribution in [-0.2, 0) is 17.8 Å². The van der Waals surface area contributed by atoms with Gasteiger partial charge in [0.1, 0.15) is 5.82 Å². The monoisotopic (exact) mass is 544 g/mol. The topological polar surface area (TPSA) is 65.9 Å². The molecule has 3 rings (SSSR count). The van der Waals surface area contributed by atoms with Gasteiger partial charge >= 0.3 is 0 Å². The summed E-state index contributed by atoms with van der Waals surface area (Å²) in [5.41, 5.74) is 1.23. The Bertz CT molecular complexity index is 749. The minimum Gasteiger partial charge on any atom is -0.377 e. The molecule has 2 heterocycles. The number of halogens is 1. The quantitative estimate of drug-likeness (QED) is 0.226. The van der Waals surface area contributed by atoms with Gasteiger partial charge in [-0.15, -0.1) is 24.0 Å². The van der Waals surface area contributed by atoms with Gasteiger partial charge in [0.15, 0.2) is 5.96 Å². The summed E-state index contributed by atoms with van der Waals surface area (Å²) < 4.78 is 10.1. The van der Waals surface area contributed by atoms with E-state index in [9.17, 15) is 0 Å². The van der Waals surface area contributed by atoms with Crippen LogP contribution in [0.15, 0.2) is 35.3 Å². The van der Waals surface area contributed by atoms with Gasteiger partial charge < -0.3 is 19.9 Å². The molecule has 1 aromatic carbocycles. The van der Waals surface area contributed by atoms with Crippen LogP contribution < -0.4 is 10.2 Å². The molecule has 0 amide bonds. The van der Waals surface area contributed by atoms with Crippen molar-refractivity contribution in [2.45, 2.75) is 32.8 Å². The Labute approximate surface area is 201 Å². The summed E-state index contributed by atoms with van der Waals surface area (Å²) in [5.74, 6) is 1.93. The minimum atomic E-state index is 0. The number of rotatable bonds is 9. The van der Waals surface area contributed by atoms with Crippen LogP contribution in [0, 0.1) is 0 Å². The predicted molar refractivity (Wildman–Crippen MR) is 135 cm³/mol. The maximum absolute atomic E-state index is 5.75. The first-order valence-corrected chi connectivity index (χ1v) is 11.2. The lowest BCUT2D eigenvalue weighted by Crippen LogP contribution is -2.52. The lowest BCUT2D eigenvalue weighted by atomic mass is 10.2. The summed E-state index contributed by atoms with van der Waals surface area (Å²) in [4.78, 5) is 13.7. The van der Waals surface area contributed by atoms with Crippen molar-refractivity contribution in [3.63, 3.8) is 0 Å². The molecule has 0 spiro atoms. The number of guanidine groups is 1. The average molecular weight is 545 g/mol. The van der Waals surface area contributed by atoms with Gasteiger partial charge in [-0.25, -0.2) is 4.98 Å². The molecule has 1 N–H and O–H groups in total. The third-order valence-corrected chi connectivity index (χ3v) is 5.76. The summed E-state index contributed by atoms with van der Waals surface area (Å²) in [6, 6.07) is 10.3. The van der Waals surface area contributed by atoms with E-state index in [0.29, 0.717) is 6.61 Å². The van der Waals surface area contributed by atoms with Crippen molar-refractivity contribution in [1.82, 2.24) is 19.6 Å². The Morgan fingerprint density at radius 2 is 1.93 bits per heavy atom. The standard InChI is InChI=1S/C21H32N6OS.HI/c1-3-19-24-21(29-25-19)27-14-12-26(13-15-27)20(22-2)23-11-7-8-16-28-17-18-9-5-4-6-10-18;/h4-6,9-10H,3,7-8,11-17H2,1-2H3,(H,22,23);1H. The van der Waals surface area contributed by atoms with Crippen LogP contribution >= 0.6 is 35.5 Å². The molecule has 0 atom stereocenters. The van der Waals surface area contributed by atoms with E-state index in [4.69, 9.17) is 4.74 Å². The van der Waals surface area contributed by atoms with Gasteiger partial charge in [-0.05, 0) is 18.4 Å². The maximum atomic E-state index is 5.75. The molecule has 0 radical (unpaired) electrons. The molecule has 0 saturated carbocycles. The first-order chi connectivity index (χ1) is 14.3. The number of hydrogen-bond donors (Lipinski definition) is 1. The first-order valence-electron chi connectivity index (χ1n) is 10.4. The van der Waals surface area contributed by atoms with Gasteiger partial charge in [-0.3, -0.25) is 4.99 Å². The van der Waals surface area contributed by atoms with Crippen LogP contribution in [0.4, 0.5) is 5.13 Å². The fourth-order valence-corrected chi connectivity index (χ4v) is 4.05. The number of piperazine rings is 1. The molecule has 0 bridgehead atoms.